The molecule has 4 aromatic rings. The molecule has 1 amide bonds. The van der Waals surface area contributed by atoms with Crippen molar-refractivity contribution in [3.05, 3.63) is 102 Å². The van der Waals surface area contributed by atoms with Gasteiger partial charge in [-0.05, 0) is 93.9 Å². The number of fused-ring (bicyclic) bond motifs is 1. The summed E-state index contributed by atoms with van der Waals surface area (Å²) in [6.45, 7) is 12.5. The van der Waals surface area contributed by atoms with Gasteiger partial charge >= 0.3 is 12.2 Å². The first-order valence-electron chi connectivity index (χ1n) is 14.5. The summed E-state index contributed by atoms with van der Waals surface area (Å²) in [6, 6.07) is 26.4. The van der Waals surface area contributed by atoms with Crippen LogP contribution in [0.3, 0.4) is 0 Å². The maximum Gasteiger partial charge on any atom is 0.410 e. The van der Waals surface area contributed by atoms with Crippen LogP contribution in [0.15, 0.2) is 90.0 Å². The summed E-state index contributed by atoms with van der Waals surface area (Å²) in [7, 11) is 0. The number of likely N-dealkylation sites (tertiary alicyclic amines) is 1. The van der Waals surface area contributed by atoms with Crippen molar-refractivity contribution in [2.45, 2.75) is 64.9 Å². The second-order valence-electron chi connectivity index (χ2n) is 11.3. The molecule has 1 aliphatic rings. The first-order valence-corrected chi connectivity index (χ1v) is 15.2. The maximum absolute atomic E-state index is 14.3. The molecule has 0 N–H and O–H groups in total. The number of rotatable bonds is 6. The molecule has 0 saturated carbocycles. The molecule has 7 nitrogen and oxygen atoms in total. The first-order chi connectivity index (χ1) is 20.5. The average Bonchev–Trinajstić information content (AvgIpc) is 3.56. The van der Waals surface area contributed by atoms with Gasteiger partial charge in [0.15, 0.2) is 5.78 Å². The van der Waals surface area contributed by atoms with Crippen LogP contribution in [0.2, 0.25) is 0 Å². The van der Waals surface area contributed by atoms with E-state index in [0.717, 1.165) is 26.9 Å². The fourth-order valence-electron chi connectivity index (χ4n) is 5.23. The number of hydrogen-bond donors (Lipinski definition) is 0. The lowest BCUT2D eigenvalue weighted by Crippen LogP contribution is -2.40. The van der Waals surface area contributed by atoms with Crippen LogP contribution in [0.1, 0.15) is 62.5 Å². The van der Waals surface area contributed by atoms with Gasteiger partial charge in [0.25, 0.3) is 0 Å². The van der Waals surface area contributed by atoms with E-state index in [1.54, 1.807) is 16.8 Å². The van der Waals surface area contributed by atoms with Crippen molar-refractivity contribution in [1.82, 2.24) is 8.87 Å². The van der Waals surface area contributed by atoms with E-state index in [9.17, 15) is 9.59 Å². The van der Waals surface area contributed by atoms with Gasteiger partial charge in [0.1, 0.15) is 5.60 Å². The number of carbonyl (C=O) groups is 2. The Morgan fingerprint density at radius 2 is 1.56 bits per heavy atom. The summed E-state index contributed by atoms with van der Waals surface area (Å²) >= 11 is 1.66. The molecule has 0 spiro atoms. The van der Waals surface area contributed by atoms with Crippen LogP contribution in [0.25, 0.3) is 10.9 Å². The largest absolute Gasteiger partial charge is 0.444 e. The van der Waals surface area contributed by atoms with Gasteiger partial charge in [0, 0.05) is 35.1 Å². The van der Waals surface area contributed by atoms with Crippen LogP contribution in [-0.4, -0.2) is 45.6 Å². The Morgan fingerprint density at radius 1 is 0.953 bits per heavy atom. The van der Waals surface area contributed by atoms with Gasteiger partial charge in [-0.25, -0.2) is 4.79 Å². The standard InChI is InChI=1S/C32H34N2O3S.C2H6.CO2/c1-23-21-34(38-26-13-9-6-10-14-26)28-16-15-25(19-27(23)28)29(35)32(20-24-11-7-5-8-12-24)17-18-33(22-32)30(36)37-31(2,3)4;1-2;2-1-3/h5-16,19,21H,17-18,20,22H2,1-4H3;1-2H3;. The SMILES string of the molecule is CC.Cc1cn(Sc2ccccc2)c2ccc(C(=O)C3(Cc4ccccc4)CCN(C(=O)OC(C)(C)C)C3)cc12.O=C=O. The second-order valence-corrected chi connectivity index (χ2v) is 12.3. The van der Waals surface area contributed by atoms with E-state index >= 15 is 0 Å². The van der Waals surface area contributed by atoms with E-state index in [1.165, 1.54) is 0 Å². The summed E-state index contributed by atoms with van der Waals surface area (Å²) < 4.78 is 7.81. The monoisotopic (exact) mass is 600 g/mol. The minimum Gasteiger partial charge on any atom is -0.444 e. The van der Waals surface area contributed by atoms with Crippen molar-refractivity contribution in [2.24, 2.45) is 5.41 Å². The number of ketones is 1. The van der Waals surface area contributed by atoms with Gasteiger partial charge in [-0.15, -0.1) is 0 Å². The number of ether oxygens (including phenoxy) is 1. The van der Waals surface area contributed by atoms with Crippen LogP contribution in [-0.2, 0) is 20.7 Å². The van der Waals surface area contributed by atoms with Gasteiger partial charge < -0.3 is 9.64 Å². The summed E-state index contributed by atoms with van der Waals surface area (Å²) in [5, 5.41) is 1.07. The third-order valence-corrected chi connectivity index (χ3v) is 8.03. The molecule has 1 fully saturated rings. The van der Waals surface area contributed by atoms with Crippen molar-refractivity contribution in [2.75, 3.05) is 13.1 Å². The predicted molar refractivity (Wildman–Crippen MR) is 170 cm³/mol. The van der Waals surface area contributed by atoms with Crippen LogP contribution < -0.4 is 0 Å². The summed E-state index contributed by atoms with van der Waals surface area (Å²) in [5.41, 5.74) is 2.68. The van der Waals surface area contributed by atoms with Crippen molar-refractivity contribution in [3.63, 3.8) is 0 Å². The molecular weight excluding hydrogens is 560 g/mol. The summed E-state index contributed by atoms with van der Waals surface area (Å²) in [5.74, 6) is 0.0807. The number of benzene rings is 3. The third kappa shape index (κ3) is 8.46. The molecule has 0 bridgehead atoms. The highest BCUT2D eigenvalue weighted by Crippen LogP contribution is 2.39. The Balaban J connectivity index is 0.000000953. The van der Waals surface area contributed by atoms with Crippen molar-refractivity contribution in [3.8, 4) is 0 Å². The molecule has 0 aliphatic carbocycles. The van der Waals surface area contributed by atoms with Crippen molar-refractivity contribution < 1.29 is 23.9 Å². The van der Waals surface area contributed by atoms with E-state index in [1.807, 2.05) is 89.2 Å². The molecule has 0 radical (unpaired) electrons. The van der Waals surface area contributed by atoms with E-state index in [0.29, 0.717) is 31.5 Å². The van der Waals surface area contributed by atoms with E-state index in [-0.39, 0.29) is 18.0 Å². The van der Waals surface area contributed by atoms with Crippen molar-refractivity contribution in [1.29, 1.82) is 0 Å². The van der Waals surface area contributed by atoms with Crippen LogP contribution in [0.4, 0.5) is 4.79 Å². The van der Waals surface area contributed by atoms with Crippen LogP contribution in [0.5, 0.6) is 0 Å². The van der Waals surface area contributed by atoms with Crippen LogP contribution >= 0.6 is 11.9 Å². The van der Waals surface area contributed by atoms with Gasteiger partial charge in [-0.3, -0.25) is 8.77 Å². The number of nitrogens with zero attached hydrogens (tertiary/aromatic N) is 2. The lowest BCUT2D eigenvalue weighted by Gasteiger charge is -2.29. The molecule has 1 aromatic heterocycles. The zero-order valence-corrected chi connectivity index (χ0v) is 26.6. The Kier molecular flexibility index (Phi) is 11.5. The maximum atomic E-state index is 14.3. The molecular formula is C35H40N2O5S. The first kappa shape index (κ1) is 33.4. The van der Waals surface area contributed by atoms with E-state index < -0.39 is 11.0 Å². The topological polar surface area (TPSA) is 85.7 Å². The van der Waals surface area contributed by atoms with Crippen molar-refractivity contribution >= 4 is 40.9 Å². The smallest absolute Gasteiger partial charge is 0.410 e. The van der Waals surface area contributed by atoms with Gasteiger partial charge in [-0.1, -0.05) is 62.4 Å². The molecule has 1 atom stereocenters. The lowest BCUT2D eigenvalue weighted by atomic mass is 9.74. The number of aryl methyl sites for hydroxylation is 1. The van der Waals surface area contributed by atoms with Gasteiger partial charge in [-0.2, -0.15) is 9.59 Å². The minimum absolute atomic E-state index is 0.0807. The molecule has 8 heteroatoms. The fourth-order valence-corrected chi connectivity index (χ4v) is 6.20. The molecule has 5 rings (SSSR count). The second kappa shape index (κ2) is 14.9. The molecule has 1 saturated heterocycles. The number of hydrogen-bond acceptors (Lipinski definition) is 6. The lowest BCUT2D eigenvalue weighted by molar-refractivity contribution is -0.191. The Morgan fingerprint density at radius 3 is 2.16 bits per heavy atom. The summed E-state index contributed by atoms with van der Waals surface area (Å²) in [6.07, 6.45) is 3.19. The molecule has 43 heavy (non-hydrogen) atoms. The Hall–Kier alpha value is -4.13. The molecule has 1 aliphatic heterocycles. The van der Waals surface area contributed by atoms with E-state index in [2.05, 4.69) is 41.4 Å². The summed E-state index contributed by atoms with van der Waals surface area (Å²) in [4.78, 5) is 46.3. The highest BCUT2D eigenvalue weighted by atomic mass is 32.2. The zero-order valence-electron chi connectivity index (χ0n) is 25.8. The predicted octanol–water partition coefficient (Wildman–Crippen LogP) is 8.00. The normalized spacial score (nSPS) is 15.9. The van der Waals surface area contributed by atoms with Crippen LogP contribution in [0, 0.1) is 12.3 Å². The molecule has 3 aromatic carbocycles. The van der Waals surface area contributed by atoms with Gasteiger partial charge in [0.05, 0.1) is 10.9 Å². The highest BCUT2D eigenvalue weighted by molar-refractivity contribution is 7.98. The van der Waals surface area contributed by atoms with Gasteiger partial charge in [0.2, 0.25) is 0 Å². The molecule has 1 unspecified atom stereocenters. The van der Waals surface area contributed by atoms with E-state index in [4.69, 9.17) is 14.3 Å². The highest BCUT2D eigenvalue weighted by Gasteiger charge is 2.47. The number of aromatic nitrogens is 1. The Bertz CT molecular complexity index is 1550. The molecule has 226 valence electrons. The third-order valence-electron chi connectivity index (χ3n) is 7.05. The zero-order chi connectivity index (χ0) is 31.6. The number of Topliss-reactive ketones (excluding diaryl/α,β-unsaturated/α-hetero) is 1. The number of amides is 1. The average molecular weight is 601 g/mol. The Labute approximate surface area is 258 Å². The minimum atomic E-state index is -0.707. The molecule has 2 heterocycles. The number of carbonyl (C=O) groups excluding carboxylic acids is 4. The fraction of sp³-hybridized carbons (Fsp3) is 0.343. The quantitative estimate of drug-likeness (QED) is 0.209.